The van der Waals surface area contributed by atoms with Gasteiger partial charge in [0.2, 0.25) is 21.8 Å². The Labute approximate surface area is 256 Å². The van der Waals surface area contributed by atoms with Crippen LogP contribution in [0.2, 0.25) is 25.7 Å². The van der Waals surface area contributed by atoms with E-state index in [0.717, 1.165) is 0 Å². The lowest BCUT2D eigenvalue weighted by Crippen LogP contribution is -2.42. The van der Waals surface area contributed by atoms with Crippen LogP contribution in [0.15, 0.2) is 53.5 Å². The smallest absolute Gasteiger partial charge is 0.246 e. The summed E-state index contributed by atoms with van der Waals surface area (Å²) in [5.41, 5.74) is 2.18. The largest absolute Gasteiger partial charge is 0.494 e. The van der Waals surface area contributed by atoms with Crippen LogP contribution < -0.4 is 13.8 Å². The van der Waals surface area contributed by atoms with Gasteiger partial charge in [0, 0.05) is 32.8 Å². The first-order chi connectivity index (χ1) is 21.0. The molecule has 1 aromatic carbocycles. The molecule has 4 aromatic heterocycles. The molecule has 0 fully saturated rings. The maximum atomic E-state index is 14.6. The summed E-state index contributed by atoms with van der Waals surface area (Å²) in [6, 6.07) is 9.36. The minimum Gasteiger partial charge on any atom is -0.494 e. The lowest BCUT2D eigenvalue weighted by Gasteiger charge is -2.29. The summed E-state index contributed by atoms with van der Waals surface area (Å²) < 4.78 is 62.8. The van der Waals surface area contributed by atoms with Crippen molar-refractivity contribution in [3.8, 4) is 28.8 Å². The number of pyridine rings is 1. The molecule has 5 aromatic rings. The van der Waals surface area contributed by atoms with Gasteiger partial charge in [0.1, 0.15) is 29.4 Å². The van der Waals surface area contributed by atoms with E-state index in [1.54, 1.807) is 41.8 Å². The lowest BCUT2D eigenvalue weighted by molar-refractivity contribution is 0.391. The summed E-state index contributed by atoms with van der Waals surface area (Å²) in [4.78, 5) is 11.6. The molecule has 0 radical (unpaired) electrons. The van der Waals surface area contributed by atoms with Gasteiger partial charge in [-0.3, -0.25) is 9.55 Å². The first-order valence-corrected chi connectivity index (χ1v) is 19.3. The zero-order chi connectivity index (χ0) is 31.6. The molecule has 12 nitrogen and oxygen atoms in total. The number of furan rings is 1. The van der Waals surface area contributed by atoms with Crippen LogP contribution in [0.5, 0.6) is 11.5 Å². The molecule has 1 atom stereocenters. The van der Waals surface area contributed by atoms with Gasteiger partial charge >= 0.3 is 0 Å². The van der Waals surface area contributed by atoms with E-state index in [1.807, 2.05) is 0 Å². The van der Waals surface area contributed by atoms with Crippen molar-refractivity contribution >= 4 is 35.1 Å². The van der Waals surface area contributed by atoms with Gasteiger partial charge in [-0.25, -0.2) is 22.1 Å². The van der Waals surface area contributed by atoms with E-state index >= 15 is 0 Å². The molecule has 0 spiro atoms. The number of hydrogen-bond donors (Lipinski definition) is 1. The van der Waals surface area contributed by atoms with Crippen molar-refractivity contribution in [1.29, 1.82) is 0 Å². The number of aromatic amines is 1. The number of ether oxygens (including phenoxy) is 2. The number of sulfonamides is 1. The molecular formula is C29H36FN7O5SSi. The topological polar surface area (TPSA) is 141 Å². The number of methoxy groups -OCH3 is 2. The minimum atomic E-state index is -4.10. The number of nitrogens with zero attached hydrogens (tertiary/aromatic N) is 6. The number of halogens is 1. The van der Waals surface area contributed by atoms with Gasteiger partial charge < -0.3 is 18.9 Å². The average molecular weight is 642 g/mol. The zero-order valence-electron chi connectivity index (χ0n) is 25.5. The molecule has 0 amide bonds. The SMILES string of the molecule is COc1cccc(OC)c1-n1c(-c2ccco2)nnc1N(CC[Si](C)(C)C)S(=O)(=O)[C@H](C)Cc1ncc(CF)c2[nH]cnc12. The third kappa shape index (κ3) is 5.93. The van der Waals surface area contributed by atoms with Crippen LogP contribution in [-0.4, -0.2) is 72.2 Å². The van der Waals surface area contributed by atoms with Crippen LogP contribution in [0.1, 0.15) is 18.2 Å². The quantitative estimate of drug-likeness (QED) is 0.168. The van der Waals surface area contributed by atoms with Gasteiger partial charge in [0.15, 0.2) is 5.76 Å². The maximum Gasteiger partial charge on any atom is 0.246 e. The molecule has 0 aliphatic rings. The fourth-order valence-electron chi connectivity index (χ4n) is 4.92. The highest BCUT2D eigenvalue weighted by atomic mass is 32.2. The number of benzene rings is 1. The van der Waals surface area contributed by atoms with Crippen molar-refractivity contribution in [2.24, 2.45) is 0 Å². The normalized spacial score (nSPS) is 12.9. The van der Waals surface area contributed by atoms with Crippen molar-refractivity contribution in [1.82, 2.24) is 29.7 Å². The van der Waals surface area contributed by atoms with E-state index in [1.165, 1.54) is 37.3 Å². The Bertz CT molecular complexity index is 1830. The molecule has 234 valence electrons. The van der Waals surface area contributed by atoms with Crippen molar-refractivity contribution in [3.05, 3.63) is 60.4 Å². The Hall–Kier alpha value is -4.24. The number of nitrogens with one attached hydrogen (secondary N) is 1. The Kier molecular flexibility index (Phi) is 8.79. The highest BCUT2D eigenvalue weighted by molar-refractivity contribution is 7.93. The first-order valence-electron chi connectivity index (χ1n) is 14.1. The Balaban J connectivity index is 1.67. The molecule has 4 heterocycles. The standard InChI is InChI=1S/C29H36FN7O5SSi/c1-19(15-21-26-25(32-18-33-26)20(16-30)17-31-21)43(38,39)36(12-14-44(4,5)6)29-35-34-28(24-11-8-13-42-24)37(29)27-22(40-2)9-7-10-23(27)41-3/h7-11,13,17-19H,12,14-16H2,1-6H3,(H,32,33)/t19-/m1/s1. The summed E-state index contributed by atoms with van der Waals surface area (Å²) in [7, 11) is -2.81. The number of fused-ring (bicyclic) bond motifs is 1. The van der Waals surface area contributed by atoms with Crippen LogP contribution in [-0.2, 0) is 23.1 Å². The fourth-order valence-corrected chi connectivity index (χ4v) is 7.47. The molecule has 44 heavy (non-hydrogen) atoms. The first kappa shape index (κ1) is 31.2. The van der Waals surface area contributed by atoms with Crippen LogP contribution >= 0.6 is 0 Å². The van der Waals surface area contributed by atoms with Crippen molar-refractivity contribution in [3.63, 3.8) is 0 Å². The number of aromatic nitrogens is 6. The van der Waals surface area contributed by atoms with E-state index in [-0.39, 0.29) is 24.7 Å². The van der Waals surface area contributed by atoms with Gasteiger partial charge in [-0.15, -0.1) is 10.2 Å². The van der Waals surface area contributed by atoms with Gasteiger partial charge in [-0.2, -0.15) is 0 Å². The Morgan fingerprint density at radius 1 is 1.09 bits per heavy atom. The second kappa shape index (κ2) is 12.4. The molecule has 0 saturated carbocycles. The number of para-hydroxylation sites is 1. The predicted molar refractivity (Wildman–Crippen MR) is 168 cm³/mol. The molecular weight excluding hydrogens is 606 g/mol. The van der Waals surface area contributed by atoms with Crippen LogP contribution in [0.3, 0.4) is 0 Å². The second-order valence-corrected chi connectivity index (χ2v) is 19.5. The zero-order valence-corrected chi connectivity index (χ0v) is 27.4. The minimum absolute atomic E-state index is 0.0385. The van der Waals surface area contributed by atoms with Gasteiger partial charge in [-0.05, 0) is 37.2 Å². The van der Waals surface area contributed by atoms with Gasteiger partial charge in [-0.1, -0.05) is 25.7 Å². The van der Waals surface area contributed by atoms with E-state index in [4.69, 9.17) is 13.9 Å². The average Bonchev–Trinajstić information content (AvgIpc) is 3.77. The van der Waals surface area contributed by atoms with Crippen molar-refractivity contribution < 1.29 is 26.7 Å². The summed E-state index contributed by atoms with van der Waals surface area (Å²) in [6.07, 6.45) is 4.41. The highest BCUT2D eigenvalue weighted by Gasteiger charge is 2.37. The Morgan fingerprint density at radius 3 is 2.43 bits per heavy atom. The predicted octanol–water partition coefficient (Wildman–Crippen LogP) is 5.39. The van der Waals surface area contributed by atoms with E-state index in [9.17, 15) is 12.8 Å². The number of rotatable bonds is 13. The molecule has 0 saturated heterocycles. The van der Waals surface area contributed by atoms with Crippen molar-refractivity contribution in [2.45, 2.75) is 51.0 Å². The van der Waals surface area contributed by atoms with E-state index in [0.29, 0.717) is 51.3 Å². The third-order valence-electron chi connectivity index (χ3n) is 7.35. The van der Waals surface area contributed by atoms with Crippen LogP contribution in [0.4, 0.5) is 10.3 Å². The third-order valence-corrected chi connectivity index (χ3v) is 11.2. The number of H-pyrrole nitrogens is 1. The number of alkyl halides is 1. The molecule has 0 aliphatic heterocycles. The molecule has 0 unspecified atom stereocenters. The molecule has 15 heteroatoms. The summed E-state index contributed by atoms with van der Waals surface area (Å²) in [5.74, 6) is 1.56. The van der Waals surface area contributed by atoms with E-state index < -0.39 is 30.0 Å². The number of imidazole rings is 1. The summed E-state index contributed by atoms with van der Waals surface area (Å²) >= 11 is 0. The lowest BCUT2D eigenvalue weighted by atomic mass is 10.1. The Morgan fingerprint density at radius 2 is 1.82 bits per heavy atom. The fraction of sp³-hybridized carbons (Fsp3) is 0.379. The van der Waals surface area contributed by atoms with Crippen LogP contribution in [0, 0.1) is 0 Å². The van der Waals surface area contributed by atoms with Gasteiger partial charge in [0.05, 0.1) is 43.3 Å². The monoisotopic (exact) mass is 641 g/mol. The number of anilines is 1. The molecule has 1 N–H and O–H groups in total. The van der Waals surface area contributed by atoms with E-state index in [2.05, 4.69) is 44.8 Å². The molecule has 0 aliphatic carbocycles. The van der Waals surface area contributed by atoms with Gasteiger partial charge in [0.25, 0.3) is 0 Å². The maximum absolute atomic E-state index is 14.6. The van der Waals surface area contributed by atoms with Crippen LogP contribution in [0.25, 0.3) is 28.3 Å². The second-order valence-electron chi connectivity index (χ2n) is 11.6. The molecule has 0 bridgehead atoms. The van der Waals surface area contributed by atoms with Crippen molar-refractivity contribution in [2.75, 3.05) is 25.1 Å². The summed E-state index contributed by atoms with van der Waals surface area (Å²) in [5, 5.41) is 7.91. The summed E-state index contributed by atoms with van der Waals surface area (Å²) in [6.45, 7) is 7.60. The number of hydrogen-bond acceptors (Lipinski definition) is 9. The molecule has 5 rings (SSSR count). The highest BCUT2D eigenvalue weighted by Crippen LogP contribution is 2.39.